The van der Waals surface area contributed by atoms with Crippen LogP contribution < -0.4 is 0 Å². The molecule has 1 aromatic carbocycles. The van der Waals surface area contributed by atoms with Crippen molar-refractivity contribution >= 4 is 17.7 Å². The highest BCUT2D eigenvalue weighted by Gasteiger charge is 2.48. The number of benzene rings is 1. The Morgan fingerprint density at radius 1 is 1.00 bits per heavy atom. The molecule has 32 heavy (non-hydrogen) atoms. The molecule has 0 saturated carbocycles. The predicted molar refractivity (Wildman–Crippen MR) is 120 cm³/mol. The smallest absolute Gasteiger partial charge is 0.338 e. The highest BCUT2D eigenvalue weighted by atomic mass is 16.5. The molecule has 1 amide bonds. The lowest BCUT2D eigenvalue weighted by Crippen LogP contribution is -2.35. The Morgan fingerprint density at radius 2 is 1.81 bits per heavy atom. The largest absolute Gasteiger partial charge is 0.457 e. The summed E-state index contributed by atoms with van der Waals surface area (Å²) in [5.74, 6) is 0.233. The lowest BCUT2D eigenvalue weighted by molar-refractivity contribution is -0.135. The molecule has 2 fully saturated rings. The van der Waals surface area contributed by atoms with Gasteiger partial charge in [-0.2, -0.15) is 0 Å². The second-order valence-corrected chi connectivity index (χ2v) is 9.88. The maximum absolute atomic E-state index is 13.5. The fourth-order valence-electron chi connectivity index (χ4n) is 6.07. The number of allylic oxidation sites excluding steroid dienone is 2. The minimum atomic E-state index is -0.255. The van der Waals surface area contributed by atoms with E-state index in [9.17, 15) is 14.4 Å². The highest BCUT2D eigenvalue weighted by molar-refractivity contribution is 5.99. The molecular formula is C26H32N2O4. The predicted octanol–water partition coefficient (Wildman–Crippen LogP) is 3.55. The van der Waals surface area contributed by atoms with Crippen LogP contribution in [0.3, 0.4) is 0 Å². The summed E-state index contributed by atoms with van der Waals surface area (Å²) < 4.78 is 5.18. The molecule has 1 atom stereocenters. The fraction of sp³-hybridized carbons (Fsp3) is 0.577. The van der Waals surface area contributed by atoms with E-state index in [0.29, 0.717) is 18.6 Å². The Morgan fingerprint density at radius 3 is 2.59 bits per heavy atom. The molecule has 5 rings (SSSR count). The number of ether oxygens (including phenoxy) is 1. The van der Waals surface area contributed by atoms with Crippen LogP contribution in [0.1, 0.15) is 72.5 Å². The van der Waals surface area contributed by atoms with Crippen LogP contribution in [0.5, 0.6) is 0 Å². The van der Waals surface area contributed by atoms with Gasteiger partial charge >= 0.3 is 5.97 Å². The van der Waals surface area contributed by atoms with Crippen LogP contribution in [0.15, 0.2) is 23.4 Å². The van der Waals surface area contributed by atoms with E-state index in [1.165, 1.54) is 11.1 Å². The van der Waals surface area contributed by atoms with Gasteiger partial charge in [0.2, 0.25) is 5.91 Å². The van der Waals surface area contributed by atoms with E-state index in [0.717, 1.165) is 81.5 Å². The third kappa shape index (κ3) is 3.49. The lowest BCUT2D eigenvalue weighted by Gasteiger charge is -2.27. The van der Waals surface area contributed by atoms with Crippen molar-refractivity contribution in [3.63, 3.8) is 0 Å². The van der Waals surface area contributed by atoms with Gasteiger partial charge in [0.1, 0.15) is 6.61 Å². The molecule has 170 valence electrons. The van der Waals surface area contributed by atoms with Crippen LogP contribution in [0.4, 0.5) is 0 Å². The zero-order valence-electron chi connectivity index (χ0n) is 19.2. The van der Waals surface area contributed by atoms with Crippen molar-refractivity contribution in [1.29, 1.82) is 0 Å². The number of amides is 1. The quantitative estimate of drug-likeness (QED) is 0.676. The number of esters is 1. The molecule has 0 aromatic heterocycles. The van der Waals surface area contributed by atoms with Gasteiger partial charge in [0.05, 0.1) is 11.0 Å². The molecule has 1 spiro atoms. The first kappa shape index (κ1) is 21.4. The van der Waals surface area contributed by atoms with E-state index in [1.54, 1.807) is 0 Å². The summed E-state index contributed by atoms with van der Waals surface area (Å²) in [5.41, 5.74) is 5.72. The average Bonchev–Trinajstić information content (AvgIpc) is 3.36. The Labute approximate surface area is 189 Å². The molecule has 6 heteroatoms. The summed E-state index contributed by atoms with van der Waals surface area (Å²) in [6, 6.07) is 3.97. The zero-order chi connectivity index (χ0) is 22.5. The number of cyclic esters (lactones) is 1. The molecule has 4 aliphatic rings. The van der Waals surface area contributed by atoms with Gasteiger partial charge in [-0.1, -0.05) is 6.07 Å². The number of nitrogens with zero attached hydrogens (tertiary/aromatic N) is 2. The summed E-state index contributed by atoms with van der Waals surface area (Å²) in [6.07, 6.45) is 5.98. The maximum atomic E-state index is 13.5. The van der Waals surface area contributed by atoms with Gasteiger partial charge in [-0.15, -0.1) is 0 Å². The van der Waals surface area contributed by atoms with E-state index in [4.69, 9.17) is 4.74 Å². The number of carbonyl (C=O) groups excluding carboxylic acids is 3. The Balaban J connectivity index is 1.22. The van der Waals surface area contributed by atoms with Crippen LogP contribution in [-0.2, 0) is 27.4 Å². The van der Waals surface area contributed by atoms with Gasteiger partial charge in [-0.3, -0.25) is 9.59 Å². The minimum absolute atomic E-state index is 0.193. The second-order valence-electron chi connectivity index (χ2n) is 9.88. The molecule has 6 nitrogen and oxygen atoms in total. The lowest BCUT2D eigenvalue weighted by atomic mass is 9.79. The Hall–Kier alpha value is -2.47. The summed E-state index contributed by atoms with van der Waals surface area (Å²) in [7, 11) is 0. The van der Waals surface area contributed by atoms with Crippen LogP contribution in [0, 0.1) is 12.3 Å². The van der Waals surface area contributed by atoms with E-state index >= 15 is 0 Å². The van der Waals surface area contributed by atoms with Crippen molar-refractivity contribution in [3.8, 4) is 0 Å². The number of hydrogen-bond acceptors (Lipinski definition) is 5. The topological polar surface area (TPSA) is 66.9 Å². The first-order valence-corrected chi connectivity index (χ1v) is 12.0. The van der Waals surface area contributed by atoms with Crippen molar-refractivity contribution < 1.29 is 19.1 Å². The average molecular weight is 437 g/mol. The van der Waals surface area contributed by atoms with Gasteiger partial charge in [0, 0.05) is 36.3 Å². The molecular weight excluding hydrogens is 404 g/mol. The second kappa shape index (κ2) is 8.14. The highest BCUT2D eigenvalue weighted by Crippen LogP contribution is 2.44. The Bertz CT molecular complexity index is 1030. The van der Waals surface area contributed by atoms with Crippen molar-refractivity contribution in [1.82, 2.24) is 9.80 Å². The van der Waals surface area contributed by atoms with Gasteiger partial charge in [-0.05, 0) is 82.7 Å². The molecule has 1 unspecified atom stereocenters. The zero-order valence-corrected chi connectivity index (χ0v) is 19.2. The number of rotatable bonds is 4. The molecule has 3 aliphatic heterocycles. The number of likely N-dealkylation sites (tertiary alicyclic amines) is 2. The SMILES string of the molecule is CC1=C(N2CCC3(CCCN(CCc4ccc5c(c4C)COC5=O)CC3)C2=O)CCC1=O. The van der Waals surface area contributed by atoms with Crippen molar-refractivity contribution in [3.05, 3.63) is 45.7 Å². The number of ketones is 1. The van der Waals surface area contributed by atoms with Gasteiger partial charge < -0.3 is 14.5 Å². The normalized spacial score (nSPS) is 26.3. The first-order valence-electron chi connectivity index (χ1n) is 12.0. The third-order valence-corrected chi connectivity index (χ3v) is 8.29. The first-order chi connectivity index (χ1) is 15.4. The summed E-state index contributed by atoms with van der Waals surface area (Å²) in [4.78, 5) is 41.6. The third-order valence-electron chi connectivity index (χ3n) is 8.29. The summed E-state index contributed by atoms with van der Waals surface area (Å²) >= 11 is 0. The van der Waals surface area contributed by atoms with Gasteiger partial charge in [-0.25, -0.2) is 4.79 Å². The number of fused-ring (bicyclic) bond motifs is 1. The Kier molecular flexibility index (Phi) is 5.44. The fourth-order valence-corrected chi connectivity index (χ4v) is 6.07. The number of Topliss-reactive ketones (excluding diaryl/α,β-unsaturated/α-hetero) is 1. The molecule has 3 heterocycles. The van der Waals surface area contributed by atoms with E-state index < -0.39 is 0 Å². The van der Waals surface area contributed by atoms with Crippen LogP contribution >= 0.6 is 0 Å². The van der Waals surface area contributed by atoms with Crippen LogP contribution in [0.2, 0.25) is 0 Å². The number of carbonyl (C=O) groups is 3. The summed E-state index contributed by atoms with van der Waals surface area (Å²) in [6.45, 7) is 8.02. The van der Waals surface area contributed by atoms with Gasteiger partial charge in [0.25, 0.3) is 0 Å². The van der Waals surface area contributed by atoms with E-state index in [2.05, 4.69) is 17.9 Å². The van der Waals surface area contributed by atoms with Crippen molar-refractivity contribution in [2.24, 2.45) is 5.41 Å². The van der Waals surface area contributed by atoms with Crippen LogP contribution in [-0.4, -0.2) is 53.6 Å². The van der Waals surface area contributed by atoms with E-state index in [1.807, 2.05) is 17.9 Å². The maximum Gasteiger partial charge on any atom is 0.338 e. The van der Waals surface area contributed by atoms with E-state index in [-0.39, 0.29) is 23.1 Å². The molecule has 1 aliphatic carbocycles. The molecule has 2 saturated heterocycles. The van der Waals surface area contributed by atoms with Gasteiger partial charge in [0.15, 0.2) is 5.78 Å². The molecule has 0 bridgehead atoms. The standard InChI is InChI=1S/C26H32N2O4/c1-17-19(4-5-20-21(17)16-32-24(20)30)8-13-27-12-3-9-26(10-14-27)11-15-28(25(26)31)22-6-7-23(29)18(22)2/h4-5H,3,6-16H2,1-2H3. The molecule has 1 aromatic rings. The summed E-state index contributed by atoms with van der Waals surface area (Å²) in [5, 5.41) is 0. The molecule has 0 radical (unpaired) electrons. The van der Waals surface area contributed by atoms with Crippen molar-refractivity contribution in [2.75, 3.05) is 26.2 Å². The van der Waals surface area contributed by atoms with Crippen molar-refractivity contribution in [2.45, 2.75) is 65.4 Å². The number of hydrogen-bond donors (Lipinski definition) is 0. The molecule has 0 N–H and O–H groups in total. The monoisotopic (exact) mass is 436 g/mol. The minimum Gasteiger partial charge on any atom is -0.457 e. The van der Waals surface area contributed by atoms with Crippen LogP contribution in [0.25, 0.3) is 0 Å².